The predicted molar refractivity (Wildman–Crippen MR) is 97.5 cm³/mol. The number of aryl methyl sites for hydroxylation is 3. The van der Waals surface area contributed by atoms with Crippen molar-refractivity contribution in [2.75, 3.05) is 11.4 Å². The summed E-state index contributed by atoms with van der Waals surface area (Å²) >= 11 is 1.48. The first kappa shape index (κ1) is 15.3. The highest BCUT2D eigenvalue weighted by atomic mass is 32.1. The molecule has 1 fully saturated rings. The molecule has 1 unspecified atom stereocenters. The molecule has 2 aromatic heterocycles. The Hall–Kier alpha value is -2.21. The van der Waals surface area contributed by atoms with Gasteiger partial charge >= 0.3 is 0 Å². The number of rotatable bonds is 3. The molecule has 1 N–H and O–H groups in total. The summed E-state index contributed by atoms with van der Waals surface area (Å²) in [5, 5.41) is 0.988. The second-order valence-corrected chi connectivity index (χ2v) is 7.13. The van der Waals surface area contributed by atoms with Gasteiger partial charge < -0.3 is 9.88 Å². The molecule has 124 valence electrons. The molecule has 6 heteroatoms. The van der Waals surface area contributed by atoms with Crippen LogP contribution in [-0.2, 0) is 0 Å². The highest BCUT2D eigenvalue weighted by Gasteiger charge is 2.31. The Bertz CT molecular complexity index is 846. The van der Waals surface area contributed by atoms with Gasteiger partial charge in [0.25, 0.3) is 0 Å². The van der Waals surface area contributed by atoms with E-state index in [0.717, 1.165) is 53.1 Å². The number of nitrogens with one attached hydrogen (secondary N) is 1. The maximum absolute atomic E-state index is 4.82. The summed E-state index contributed by atoms with van der Waals surface area (Å²) in [6.07, 6.45) is 2.26. The molecule has 24 heavy (non-hydrogen) atoms. The Kier molecular flexibility index (Phi) is 3.84. The van der Waals surface area contributed by atoms with Gasteiger partial charge in [-0.2, -0.15) is 9.36 Å². The van der Waals surface area contributed by atoms with E-state index >= 15 is 0 Å². The SMILES string of the molecule is Cc1ccccc1-c1nsc(N2CCCC2c2nc(C)c(C)[nH]2)n1. The molecule has 1 saturated heterocycles. The first-order valence-electron chi connectivity index (χ1n) is 8.33. The van der Waals surface area contributed by atoms with Crippen molar-refractivity contribution in [3.05, 3.63) is 47.0 Å². The molecule has 3 heterocycles. The molecule has 1 atom stereocenters. The van der Waals surface area contributed by atoms with Crippen molar-refractivity contribution >= 4 is 16.7 Å². The zero-order valence-electron chi connectivity index (χ0n) is 14.2. The van der Waals surface area contributed by atoms with Gasteiger partial charge in [-0.15, -0.1) is 0 Å². The zero-order valence-corrected chi connectivity index (χ0v) is 15.0. The molecule has 3 aromatic rings. The number of nitrogens with zero attached hydrogens (tertiary/aromatic N) is 4. The van der Waals surface area contributed by atoms with Gasteiger partial charge in [-0.1, -0.05) is 24.3 Å². The Balaban J connectivity index is 1.65. The molecule has 0 bridgehead atoms. The number of aromatic nitrogens is 4. The molecule has 1 aliphatic rings. The molecule has 1 aromatic carbocycles. The first-order valence-corrected chi connectivity index (χ1v) is 9.10. The lowest BCUT2D eigenvalue weighted by atomic mass is 10.1. The lowest BCUT2D eigenvalue weighted by Crippen LogP contribution is -2.23. The number of aromatic amines is 1. The van der Waals surface area contributed by atoms with Crippen molar-refractivity contribution in [3.8, 4) is 11.4 Å². The Morgan fingerprint density at radius 3 is 2.75 bits per heavy atom. The third kappa shape index (κ3) is 2.60. The predicted octanol–water partition coefficient (Wildman–Crippen LogP) is 4.19. The lowest BCUT2D eigenvalue weighted by molar-refractivity contribution is 0.673. The largest absolute Gasteiger partial charge is 0.344 e. The van der Waals surface area contributed by atoms with Crippen LogP contribution in [0.25, 0.3) is 11.4 Å². The third-order valence-corrected chi connectivity index (χ3v) is 5.52. The highest BCUT2D eigenvalue weighted by Crippen LogP contribution is 2.37. The van der Waals surface area contributed by atoms with Crippen molar-refractivity contribution in [1.29, 1.82) is 0 Å². The second kappa shape index (κ2) is 6.02. The summed E-state index contributed by atoms with van der Waals surface area (Å²) in [4.78, 5) is 15.3. The molecule has 0 saturated carbocycles. The maximum Gasteiger partial charge on any atom is 0.206 e. The van der Waals surface area contributed by atoms with E-state index in [9.17, 15) is 0 Å². The molecular formula is C18H21N5S. The van der Waals surface area contributed by atoms with Crippen LogP contribution in [0.1, 0.15) is 41.7 Å². The van der Waals surface area contributed by atoms with Gasteiger partial charge in [0.15, 0.2) is 5.82 Å². The van der Waals surface area contributed by atoms with Gasteiger partial charge in [-0.05, 0) is 39.2 Å². The fourth-order valence-corrected chi connectivity index (χ4v) is 4.04. The lowest BCUT2D eigenvalue weighted by Gasteiger charge is -2.21. The van der Waals surface area contributed by atoms with Crippen LogP contribution in [0.5, 0.6) is 0 Å². The van der Waals surface area contributed by atoms with Crippen LogP contribution in [0, 0.1) is 20.8 Å². The fourth-order valence-electron chi connectivity index (χ4n) is 3.28. The molecule has 0 spiro atoms. The van der Waals surface area contributed by atoms with Gasteiger partial charge in [-0.3, -0.25) is 0 Å². The van der Waals surface area contributed by atoms with Gasteiger partial charge in [0, 0.05) is 29.3 Å². The second-order valence-electron chi connectivity index (χ2n) is 6.40. The highest BCUT2D eigenvalue weighted by molar-refractivity contribution is 7.09. The van der Waals surface area contributed by atoms with E-state index in [0.29, 0.717) is 0 Å². The Labute approximate surface area is 146 Å². The van der Waals surface area contributed by atoms with Crippen molar-refractivity contribution < 1.29 is 0 Å². The van der Waals surface area contributed by atoms with Crippen molar-refractivity contribution in [2.24, 2.45) is 0 Å². The minimum Gasteiger partial charge on any atom is -0.344 e. The van der Waals surface area contributed by atoms with Gasteiger partial charge in [0.2, 0.25) is 5.13 Å². The molecule has 4 rings (SSSR count). The standard InChI is InChI=1S/C18H21N5S/c1-11-7-4-5-8-14(11)16-21-18(24-22-16)23-10-6-9-15(23)17-19-12(2)13(3)20-17/h4-5,7-8,15H,6,9-10H2,1-3H3,(H,19,20). The van der Waals surface area contributed by atoms with Gasteiger partial charge in [0.1, 0.15) is 5.82 Å². The number of hydrogen-bond acceptors (Lipinski definition) is 5. The smallest absolute Gasteiger partial charge is 0.206 e. The van der Waals surface area contributed by atoms with Crippen LogP contribution in [0.2, 0.25) is 0 Å². The van der Waals surface area contributed by atoms with Gasteiger partial charge in [0.05, 0.1) is 11.7 Å². The van der Waals surface area contributed by atoms with E-state index < -0.39 is 0 Å². The third-order valence-electron chi connectivity index (χ3n) is 4.76. The van der Waals surface area contributed by atoms with E-state index in [-0.39, 0.29) is 6.04 Å². The van der Waals surface area contributed by atoms with E-state index in [2.05, 4.69) is 47.2 Å². The molecule has 0 aliphatic carbocycles. The minimum atomic E-state index is 0.273. The van der Waals surface area contributed by atoms with Crippen LogP contribution in [-0.4, -0.2) is 25.9 Å². The quantitative estimate of drug-likeness (QED) is 0.777. The average Bonchev–Trinajstić information content (AvgIpc) is 3.28. The van der Waals surface area contributed by atoms with Gasteiger partial charge in [-0.25, -0.2) is 4.98 Å². The number of imidazole rings is 1. The number of H-pyrrole nitrogens is 1. The monoisotopic (exact) mass is 339 g/mol. The van der Waals surface area contributed by atoms with E-state index in [1.54, 1.807) is 0 Å². The summed E-state index contributed by atoms with van der Waals surface area (Å²) in [6, 6.07) is 8.54. The van der Waals surface area contributed by atoms with Crippen LogP contribution in [0.15, 0.2) is 24.3 Å². The molecule has 1 aliphatic heterocycles. The van der Waals surface area contributed by atoms with Crippen LogP contribution in [0.4, 0.5) is 5.13 Å². The van der Waals surface area contributed by atoms with Crippen molar-refractivity contribution in [2.45, 2.75) is 39.7 Å². The number of hydrogen-bond donors (Lipinski definition) is 1. The van der Waals surface area contributed by atoms with E-state index in [1.807, 2.05) is 12.1 Å². The maximum atomic E-state index is 4.82. The normalized spacial score (nSPS) is 17.6. The number of anilines is 1. The number of benzene rings is 1. The summed E-state index contributed by atoms with van der Waals surface area (Å²) in [5.41, 5.74) is 4.54. The molecular weight excluding hydrogens is 318 g/mol. The van der Waals surface area contributed by atoms with Crippen molar-refractivity contribution in [1.82, 2.24) is 19.3 Å². The van der Waals surface area contributed by atoms with E-state index in [1.165, 1.54) is 17.1 Å². The molecule has 0 amide bonds. The summed E-state index contributed by atoms with van der Waals surface area (Å²) in [7, 11) is 0. The first-order chi connectivity index (χ1) is 11.6. The minimum absolute atomic E-state index is 0.273. The molecule has 5 nitrogen and oxygen atoms in total. The zero-order chi connectivity index (χ0) is 16.7. The van der Waals surface area contributed by atoms with Crippen LogP contribution in [0.3, 0.4) is 0 Å². The summed E-state index contributed by atoms with van der Waals surface area (Å²) < 4.78 is 4.60. The van der Waals surface area contributed by atoms with Crippen LogP contribution < -0.4 is 4.90 Å². The summed E-state index contributed by atoms with van der Waals surface area (Å²) in [6.45, 7) is 7.23. The Morgan fingerprint density at radius 1 is 1.17 bits per heavy atom. The average molecular weight is 339 g/mol. The van der Waals surface area contributed by atoms with E-state index in [4.69, 9.17) is 9.97 Å². The fraction of sp³-hybridized carbons (Fsp3) is 0.389. The van der Waals surface area contributed by atoms with Crippen LogP contribution >= 0.6 is 11.5 Å². The topological polar surface area (TPSA) is 57.7 Å². The van der Waals surface area contributed by atoms with Crippen molar-refractivity contribution in [3.63, 3.8) is 0 Å². The Morgan fingerprint density at radius 2 is 2.00 bits per heavy atom. The summed E-state index contributed by atoms with van der Waals surface area (Å²) in [5.74, 6) is 1.88. The molecule has 0 radical (unpaired) electrons.